The summed E-state index contributed by atoms with van der Waals surface area (Å²) in [6, 6.07) is 2.06. The van der Waals surface area contributed by atoms with E-state index >= 15 is 0 Å². The van der Waals surface area contributed by atoms with Crippen LogP contribution in [0, 0.1) is 5.92 Å². The van der Waals surface area contributed by atoms with Crippen LogP contribution in [0.2, 0.25) is 0 Å². The lowest BCUT2D eigenvalue weighted by atomic mass is 9.98. The summed E-state index contributed by atoms with van der Waals surface area (Å²) in [5.41, 5.74) is 0. The Bertz CT molecular complexity index is 304. The number of rotatable bonds is 4. The van der Waals surface area contributed by atoms with Crippen LogP contribution in [0.3, 0.4) is 0 Å². The maximum Gasteiger partial charge on any atom is 0.0591 e. The van der Waals surface area contributed by atoms with Gasteiger partial charge in [0.25, 0.3) is 0 Å². The van der Waals surface area contributed by atoms with Crippen molar-refractivity contribution in [2.45, 2.75) is 44.6 Å². The lowest BCUT2D eigenvalue weighted by Gasteiger charge is -2.14. The molecule has 0 saturated heterocycles. The second-order valence-corrected chi connectivity index (χ2v) is 6.29. The van der Waals surface area contributed by atoms with Crippen molar-refractivity contribution in [2.24, 2.45) is 5.92 Å². The molecule has 0 spiro atoms. The summed E-state index contributed by atoms with van der Waals surface area (Å²) in [5, 5.41) is 12.1. The maximum absolute atomic E-state index is 9.99. The van der Waals surface area contributed by atoms with Gasteiger partial charge in [0.05, 0.1) is 6.10 Å². The molecule has 1 aromatic rings. The van der Waals surface area contributed by atoms with Crippen LogP contribution in [0.5, 0.6) is 0 Å². The van der Waals surface area contributed by atoms with Crippen LogP contribution in [0.1, 0.15) is 37.0 Å². The molecular weight excluding hydrogens is 272 g/mol. The fourth-order valence-corrected chi connectivity index (χ4v) is 3.99. The Morgan fingerprint density at radius 1 is 1.47 bits per heavy atom. The van der Waals surface area contributed by atoms with Gasteiger partial charge in [-0.15, -0.1) is 11.3 Å². The first-order valence-corrected chi connectivity index (χ1v) is 7.33. The van der Waals surface area contributed by atoms with Crippen LogP contribution in [-0.4, -0.2) is 11.2 Å². The fourth-order valence-electron chi connectivity index (χ4n) is 2.40. The van der Waals surface area contributed by atoms with Gasteiger partial charge in [0, 0.05) is 15.8 Å². The summed E-state index contributed by atoms with van der Waals surface area (Å²) < 4.78 is 1.15. The molecular formula is C12H17BrOS. The summed E-state index contributed by atoms with van der Waals surface area (Å²) in [6.45, 7) is 0. The van der Waals surface area contributed by atoms with E-state index in [9.17, 15) is 5.11 Å². The van der Waals surface area contributed by atoms with Crippen molar-refractivity contribution < 1.29 is 5.11 Å². The predicted octanol–water partition coefficient (Wildman–Crippen LogP) is 3.99. The fraction of sp³-hybridized carbons (Fsp3) is 0.667. The molecule has 2 rings (SSSR count). The second kappa shape index (κ2) is 5.46. The summed E-state index contributed by atoms with van der Waals surface area (Å²) >= 11 is 5.24. The molecule has 1 atom stereocenters. The molecule has 1 aromatic heterocycles. The molecule has 1 aliphatic carbocycles. The van der Waals surface area contributed by atoms with E-state index in [1.54, 1.807) is 11.3 Å². The Hall–Kier alpha value is 0.140. The van der Waals surface area contributed by atoms with Crippen molar-refractivity contribution in [2.75, 3.05) is 0 Å². The zero-order valence-corrected chi connectivity index (χ0v) is 11.2. The molecule has 0 aliphatic heterocycles. The van der Waals surface area contributed by atoms with Crippen molar-refractivity contribution in [1.29, 1.82) is 0 Å². The SMILES string of the molecule is OC(Cc1sccc1Br)CC1CCCC1. The van der Waals surface area contributed by atoms with Gasteiger partial charge in [-0.2, -0.15) is 0 Å². The zero-order chi connectivity index (χ0) is 10.7. The van der Waals surface area contributed by atoms with Gasteiger partial charge in [0.1, 0.15) is 0 Å². The molecule has 15 heavy (non-hydrogen) atoms. The van der Waals surface area contributed by atoms with Gasteiger partial charge in [-0.1, -0.05) is 25.7 Å². The number of halogens is 1. The Morgan fingerprint density at radius 3 is 2.80 bits per heavy atom. The molecule has 1 nitrogen and oxygen atoms in total. The van der Waals surface area contributed by atoms with Gasteiger partial charge in [0.15, 0.2) is 0 Å². The van der Waals surface area contributed by atoms with Gasteiger partial charge in [-0.3, -0.25) is 0 Å². The molecule has 0 amide bonds. The van der Waals surface area contributed by atoms with E-state index in [1.807, 2.05) is 0 Å². The van der Waals surface area contributed by atoms with E-state index in [2.05, 4.69) is 27.4 Å². The quantitative estimate of drug-likeness (QED) is 0.888. The monoisotopic (exact) mass is 288 g/mol. The van der Waals surface area contributed by atoms with Gasteiger partial charge in [0.2, 0.25) is 0 Å². The van der Waals surface area contributed by atoms with Gasteiger partial charge in [-0.25, -0.2) is 0 Å². The minimum absolute atomic E-state index is 0.150. The van der Waals surface area contributed by atoms with Crippen molar-refractivity contribution in [3.8, 4) is 0 Å². The smallest absolute Gasteiger partial charge is 0.0591 e. The average molecular weight is 289 g/mol. The van der Waals surface area contributed by atoms with Crippen molar-refractivity contribution >= 4 is 27.3 Å². The first-order valence-electron chi connectivity index (χ1n) is 5.65. The van der Waals surface area contributed by atoms with Gasteiger partial charge < -0.3 is 5.11 Å². The minimum Gasteiger partial charge on any atom is -0.393 e. The molecule has 1 heterocycles. The lowest BCUT2D eigenvalue weighted by molar-refractivity contribution is 0.144. The van der Waals surface area contributed by atoms with E-state index in [4.69, 9.17) is 0 Å². The van der Waals surface area contributed by atoms with E-state index in [0.29, 0.717) is 0 Å². The topological polar surface area (TPSA) is 20.2 Å². The molecule has 0 radical (unpaired) electrons. The van der Waals surface area contributed by atoms with E-state index in [1.165, 1.54) is 30.6 Å². The van der Waals surface area contributed by atoms with Crippen LogP contribution >= 0.6 is 27.3 Å². The highest BCUT2D eigenvalue weighted by Crippen LogP contribution is 2.31. The first kappa shape index (κ1) is 11.6. The highest BCUT2D eigenvalue weighted by atomic mass is 79.9. The Balaban J connectivity index is 1.81. The maximum atomic E-state index is 9.99. The van der Waals surface area contributed by atoms with Crippen LogP contribution in [0.4, 0.5) is 0 Å². The third kappa shape index (κ3) is 3.30. The highest BCUT2D eigenvalue weighted by Gasteiger charge is 2.19. The molecule has 1 N–H and O–H groups in total. The molecule has 1 fully saturated rings. The standard InChI is InChI=1S/C12H17BrOS/c13-11-5-6-15-12(11)8-10(14)7-9-3-1-2-4-9/h5-6,9-10,14H,1-4,7-8H2. The lowest BCUT2D eigenvalue weighted by Crippen LogP contribution is -2.14. The third-order valence-electron chi connectivity index (χ3n) is 3.19. The van der Waals surface area contributed by atoms with Crippen LogP contribution in [0.25, 0.3) is 0 Å². The number of hydrogen-bond donors (Lipinski definition) is 1. The highest BCUT2D eigenvalue weighted by molar-refractivity contribution is 9.10. The molecule has 3 heteroatoms. The Kier molecular flexibility index (Phi) is 4.23. The summed E-state index contributed by atoms with van der Waals surface area (Å²) in [5.74, 6) is 0.777. The van der Waals surface area contributed by atoms with Gasteiger partial charge in [-0.05, 0) is 39.7 Å². The number of hydrogen-bond acceptors (Lipinski definition) is 2. The average Bonchev–Trinajstić information content (AvgIpc) is 2.79. The zero-order valence-electron chi connectivity index (χ0n) is 8.79. The summed E-state index contributed by atoms with van der Waals surface area (Å²) in [4.78, 5) is 1.28. The number of thiophene rings is 1. The largest absolute Gasteiger partial charge is 0.393 e. The van der Waals surface area contributed by atoms with Crippen molar-refractivity contribution in [1.82, 2.24) is 0 Å². The van der Waals surface area contributed by atoms with Gasteiger partial charge >= 0.3 is 0 Å². The Morgan fingerprint density at radius 2 is 2.20 bits per heavy atom. The summed E-state index contributed by atoms with van der Waals surface area (Å²) in [6.07, 6.45) is 7.02. The second-order valence-electron chi connectivity index (χ2n) is 4.44. The molecule has 1 unspecified atom stereocenters. The molecule has 0 aromatic carbocycles. The van der Waals surface area contributed by atoms with E-state index < -0.39 is 0 Å². The van der Waals surface area contributed by atoms with E-state index in [0.717, 1.165) is 23.2 Å². The van der Waals surface area contributed by atoms with E-state index in [-0.39, 0.29) is 6.10 Å². The summed E-state index contributed by atoms with van der Waals surface area (Å²) in [7, 11) is 0. The first-order chi connectivity index (χ1) is 7.25. The van der Waals surface area contributed by atoms with Crippen LogP contribution in [0.15, 0.2) is 15.9 Å². The molecule has 1 saturated carbocycles. The minimum atomic E-state index is -0.150. The third-order valence-corrected chi connectivity index (χ3v) is 5.14. The Labute approximate surface area is 104 Å². The van der Waals surface area contributed by atoms with Crippen LogP contribution < -0.4 is 0 Å². The number of aliphatic hydroxyl groups excluding tert-OH is 1. The molecule has 84 valence electrons. The molecule has 1 aliphatic rings. The van der Waals surface area contributed by atoms with Crippen molar-refractivity contribution in [3.63, 3.8) is 0 Å². The number of aliphatic hydroxyl groups is 1. The van der Waals surface area contributed by atoms with Crippen molar-refractivity contribution in [3.05, 3.63) is 20.8 Å². The predicted molar refractivity (Wildman–Crippen MR) is 68.3 cm³/mol. The van der Waals surface area contributed by atoms with Crippen LogP contribution in [-0.2, 0) is 6.42 Å². The molecule has 0 bridgehead atoms. The normalized spacial score (nSPS) is 19.6.